The number of hydrogen-bond donors (Lipinski definition) is 1. The first-order valence-electron chi connectivity index (χ1n) is 9.86. The molecule has 2 fully saturated rings. The van der Waals surface area contributed by atoms with E-state index in [4.69, 9.17) is 0 Å². The summed E-state index contributed by atoms with van der Waals surface area (Å²) in [5.74, 6) is 2.10. The van der Waals surface area contributed by atoms with E-state index >= 15 is 0 Å². The molecule has 3 rings (SSSR count). The van der Waals surface area contributed by atoms with E-state index in [0.717, 1.165) is 49.6 Å². The molecule has 2 aliphatic rings. The molecule has 136 valence electrons. The van der Waals surface area contributed by atoms with Crippen LogP contribution in [0.15, 0.2) is 18.2 Å². The van der Waals surface area contributed by atoms with Gasteiger partial charge in [-0.05, 0) is 67.9 Å². The third-order valence-electron chi connectivity index (χ3n) is 6.20. The first-order chi connectivity index (χ1) is 12.0. The van der Waals surface area contributed by atoms with Gasteiger partial charge < -0.3 is 5.32 Å². The average Bonchev–Trinajstić information content (AvgIpc) is 2.55. The number of carbonyl (C=O) groups is 2. The Kier molecular flexibility index (Phi) is 5.31. The quantitative estimate of drug-likeness (QED) is 0.744. The number of hydrogen-bond acceptors (Lipinski definition) is 2. The molecule has 2 unspecified atom stereocenters. The Bertz CT molecular complexity index is 632. The Labute approximate surface area is 151 Å². The predicted molar refractivity (Wildman–Crippen MR) is 102 cm³/mol. The number of anilines is 1. The molecule has 3 heteroatoms. The zero-order chi connectivity index (χ0) is 18.0. The van der Waals surface area contributed by atoms with Gasteiger partial charge in [0.2, 0.25) is 5.91 Å². The van der Waals surface area contributed by atoms with E-state index in [1.54, 1.807) is 0 Å². The second-order valence-corrected chi connectivity index (χ2v) is 8.64. The largest absolute Gasteiger partial charge is 0.325 e. The van der Waals surface area contributed by atoms with Crippen molar-refractivity contribution >= 4 is 17.9 Å². The van der Waals surface area contributed by atoms with Crippen LogP contribution in [0.5, 0.6) is 0 Å². The summed E-state index contributed by atoms with van der Waals surface area (Å²) in [6.45, 7) is 6.68. The Morgan fingerprint density at radius 1 is 1.20 bits per heavy atom. The molecular weight excluding hydrogens is 310 g/mol. The fourth-order valence-electron chi connectivity index (χ4n) is 5.60. The van der Waals surface area contributed by atoms with E-state index in [-0.39, 0.29) is 11.3 Å². The lowest BCUT2D eigenvalue weighted by molar-refractivity contribution is -0.133. The molecule has 2 bridgehead atoms. The van der Waals surface area contributed by atoms with Gasteiger partial charge in [0.1, 0.15) is 6.29 Å². The summed E-state index contributed by atoms with van der Waals surface area (Å²) in [6, 6.07) is 5.65. The highest BCUT2D eigenvalue weighted by molar-refractivity contribution is 5.97. The molecule has 1 aromatic rings. The summed E-state index contributed by atoms with van der Waals surface area (Å²) in [5, 5.41) is 3.23. The molecule has 1 N–H and O–H groups in total. The summed E-state index contributed by atoms with van der Waals surface area (Å²) >= 11 is 0. The predicted octanol–water partition coefficient (Wildman–Crippen LogP) is 5.24. The third kappa shape index (κ3) is 3.65. The summed E-state index contributed by atoms with van der Waals surface area (Å²) < 4.78 is 0. The van der Waals surface area contributed by atoms with Gasteiger partial charge in [-0.15, -0.1) is 0 Å². The number of rotatable bonds is 5. The van der Waals surface area contributed by atoms with E-state index in [2.05, 4.69) is 26.1 Å². The van der Waals surface area contributed by atoms with E-state index in [9.17, 15) is 9.59 Å². The van der Waals surface area contributed by atoms with Crippen LogP contribution in [0.3, 0.4) is 0 Å². The van der Waals surface area contributed by atoms with E-state index in [1.807, 2.05) is 18.2 Å². The third-order valence-corrected chi connectivity index (χ3v) is 6.20. The van der Waals surface area contributed by atoms with Gasteiger partial charge in [0, 0.05) is 11.3 Å². The number of benzene rings is 1. The summed E-state index contributed by atoms with van der Waals surface area (Å²) in [5.41, 5.74) is 2.29. The molecule has 3 nitrogen and oxygen atoms in total. The molecule has 0 radical (unpaired) electrons. The highest BCUT2D eigenvalue weighted by atomic mass is 16.2. The molecule has 2 atom stereocenters. The van der Waals surface area contributed by atoms with Crippen LogP contribution >= 0.6 is 0 Å². The maximum Gasteiger partial charge on any atom is 0.230 e. The normalized spacial score (nSPS) is 31.4. The highest BCUT2D eigenvalue weighted by Crippen LogP contribution is 2.53. The minimum atomic E-state index is -0.222. The molecule has 1 aromatic carbocycles. The molecule has 0 heterocycles. The van der Waals surface area contributed by atoms with Crippen molar-refractivity contribution in [2.75, 3.05) is 5.32 Å². The second-order valence-electron chi connectivity index (χ2n) is 8.64. The number of fused-ring (bicyclic) bond motifs is 2. The van der Waals surface area contributed by atoms with Gasteiger partial charge in [-0.25, -0.2) is 0 Å². The molecule has 2 saturated carbocycles. The summed E-state index contributed by atoms with van der Waals surface area (Å²) in [7, 11) is 0. The Balaban J connectivity index is 1.87. The lowest BCUT2D eigenvalue weighted by Crippen LogP contribution is -2.47. The summed E-state index contributed by atoms with van der Waals surface area (Å²) in [4.78, 5) is 24.7. The van der Waals surface area contributed by atoms with Crippen molar-refractivity contribution in [3.63, 3.8) is 0 Å². The van der Waals surface area contributed by atoms with Gasteiger partial charge in [-0.3, -0.25) is 9.59 Å². The van der Waals surface area contributed by atoms with Gasteiger partial charge in [-0.2, -0.15) is 0 Å². The first-order valence-corrected chi connectivity index (χ1v) is 9.86. The van der Waals surface area contributed by atoms with Crippen LogP contribution in [-0.4, -0.2) is 12.2 Å². The van der Waals surface area contributed by atoms with Gasteiger partial charge >= 0.3 is 0 Å². The van der Waals surface area contributed by atoms with Crippen LogP contribution < -0.4 is 5.32 Å². The summed E-state index contributed by atoms with van der Waals surface area (Å²) in [6.07, 6.45) is 8.22. The molecule has 25 heavy (non-hydrogen) atoms. The van der Waals surface area contributed by atoms with E-state index in [1.165, 1.54) is 12.8 Å². The molecule has 0 spiro atoms. The molecule has 1 amide bonds. The SMILES string of the molecule is CCCc1c(C=O)cccc1NC(=O)C12CC(C)CC(CC(C)C1)C2. The Morgan fingerprint density at radius 3 is 2.48 bits per heavy atom. The van der Waals surface area contributed by atoms with Crippen LogP contribution in [0.25, 0.3) is 0 Å². The zero-order valence-corrected chi connectivity index (χ0v) is 15.8. The van der Waals surface area contributed by atoms with Crippen LogP contribution in [-0.2, 0) is 11.2 Å². The maximum absolute atomic E-state index is 13.3. The minimum absolute atomic E-state index is 0.177. The average molecular weight is 341 g/mol. The van der Waals surface area contributed by atoms with Gasteiger partial charge in [0.15, 0.2) is 0 Å². The molecule has 0 aromatic heterocycles. The number of nitrogens with one attached hydrogen (secondary N) is 1. The van der Waals surface area contributed by atoms with E-state index in [0.29, 0.717) is 23.3 Å². The fraction of sp³-hybridized carbons (Fsp3) is 0.636. The van der Waals surface area contributed by atoms with Crippen LogP contribution in [0.2, 0.25) is 0 Å². The Hall–Kier alpha value is -1.64. The first kappa shape index (κ1) is 18.2. The monoisotopic (exact) mass is 341 g/mol. The Morgan fingerprint density at radius 2 is 1.88 bits per heavy atom. The van der Waals surface area contributed by atoms with Crippen molar-refractivity contribution in [2.24, 2.45) is 23.2 Å². The lowest BCUT2D eigenvalue weighted by atomic mass is 9.56. The van der Waals surface area contributed by atoms with Crippen molar-refractivity contribution in [1.29, 1.82) is 0 Å². The zero-order valence-electron chi connectivity index (χ0n) is 15.8. The number of amides is 1. The van der Waals surface area contributed by atoms with Crippen molar-refractivity contribution in [2.45, 2.75) is 65.7 Å². The fourth-order valence-corrected chi connectivity index (χ4v) is 5.60. The molecule has 0 aliphatic heterocycles. The molecule has 2 aliphatic carbocycles. The number of aldehydes is 1. The van der Waals surface area contributed by atoms with Crippen LogP contribution in [0.4, 0.5) is 5.69 Å². The highest BCUT2D eigenvalue weighted by Gasteiger charge is 2.49. The van der Waals surface area contributed by atoms with Gasteiger partial charge in [0.25, 0.3) is 0 Å². The molecular formula is C22H31NO2. The van der Waals surface area contributed by atoms with Gasteiger partial charge in [0.05, 0.1) is 5.41 Å². The topological polar surface area (TPSA) is 46.2 Å². The smallest absolute Gasteiger partial charge is 0.230 e. The van der Waals surface area contributed by atoms with Crippen molar-refractivity contribution in [3.05, 3.63) is 29.3 Å². The maximum atomic E-state index is 13.3. The number of carbonyl (C=O) groups excluding carboxylic acids is 2. The van der Waals surface area contributed by atoms with Crippen LogP contribution in [0, 0.1) is 23.2 Å². The molecule has 0 saturated heterocycles. The second kappa shape index (κ2) is 7.31. The lowest BCUT2D eigenvalue weighted by Gasteiger charge is -2.48. The minimum Gasteiger partial charge on any atom is -0.325 e. The van der Waals surface area contributed by atoms with Crippen LogP contribution in [0.1, 0.15) is 75.2 Å². The van der Waals surface area contributed by atoms with Gasteiger partial charge in [-0.1, -0.05) is 39.3 Å². The van der Waals surface area contributed by atoms with Crippen molar-refractivity contribution in [1.82, 2.24) is 0 Å². The standard InChI is InChI=1S/C22H31NO2/c1-4-6-19-18(14-24)7-5-8-20(19)23-21(25)22-11-15(2)9-17(13-22)10-16(3)12-22/h5,7-8,14-17H,4,6,9-13H2,1-3H3,(H,23,25). The van der Waals surface area contributed by atoms with Crippen molar-refractivity contribution in [3.8, 4) is 0 Å². The van der Waals surface area contributed by atoms with E-state index < -0.39 is 0 Å². The van der Waals surface area contributed by atoms with Crippen molar-refractivity contribution < 1.29 is 9.59 Å².